The monoisotopic (exact) mass is 516 g/mol. The quantitative estimate of drug-likeness (QED) is 0.221. The summed E-state index contributed by atoms with van der Waals surface area (Å²) in [5.41, 5.74) is 9.11. The average Bonchev–Trinajstić information content (AvgIpc) is 3.55. The Labute approximate surface area is 234 Å². The van der Waals surface area contributed by atoms with E-state index in [9.17, 15) is 0 Å². The van der Waals surface area contributed by atoms with Crippen LogP contribution in [0.1, 0.15) is 43.6 Å². The fourth-order valence-electron chi connectivity index (χ4n) is 8.33. The summed E-state index contributed by atoms with van der Waals surface area (Å²) < 4.78 is 4.94. The van der Waals surface area contributed by atoms with Crippen LogP contribution in [0.5, 0.6) is 0 Å². The lowest BCUT2D eigenvalue weighted by Crippen LogP contribution is -2.29. The second-order valence-corrected chi connectivity index (χ2v) is 12.1. The van der Waals surface area contributed by atoms with E-state index < -0.39 is 0 Å². The molecular formula is C38H32N2. The lowest BCUT2D eigenvalue weighted by atomic mass is 9.63. The van der Waals surface area contributed by atoms with Gasteiger partial charge in [-0.2, -0.15) is 0 Å². The third kappa shape index (κ3) is 3.17. The summed E-state index contributed by atoms with van der Waals surface area (Å²) in [6, 6.07) is 42.9. The van der Waals surface area contributed by atoms with Crippen molar-refractivity contribution in [3.63, 3.8) is 0 Å². The molecule has 5 aromatic carbocycles. The van der Waals surface area contributed by atoms with Crippen LogP contribution in [0.25, 0.3) is 55.0 Å². The van der Waals surface area contributed by atoms with E-state index in [1.165, 1.54) is 87.1 Å². The fraction of sp³-hybridized carbons (Fsp3) is 0.211. The minimum atomic E-state index is 0.719. The molecule has 7 aromatic rings. The molecule has 0 saturated heterocycles. The van der Waals surface area contributed by atoms with Crippen molar-refractivity contribution in [2.24, 2.45) is 11.8 Å². The van der Waals surface area contributed by atoms with Crippen LogP contribution in [0.2, 0.25) is 0 Å². The molecule has 2 nitrogen and oxygen atoms in total. The molecule has 2 heteroatoms. The summed E-state index contributed by atoms with van der Waals surface area (Å²) in [5, 5.41) is 5.32. The van der Waals surface area contributed by atoms with Crippen molar-refractivity contribution in [2.75, 3.05) is 0 Å². The normalized spacial score (nSPS) is 20.8. The predicted molar refractivity (Wildman–Crippen MR) is 168 cm³/mol. The molecule has 0 amide bonds. The van der Waals surface area contributed by atoms with Gasteiger partial charge in [0.1, 0.15) is 0 Å². The van der Waals surface area contributed by atoms with Gasteiger partial charge in [0.2, 0.25) is 0 Å². The maximum atomic E-state index is 2.52. The first-order valence-electron chi connectivity index (χ1n) is 15.0. The standard InChI is InChI=1S/C38H32N2/c1-2-10-28(11-3-1)39-33-15-6-4-13-30(33)37-35(39)21-22-36-38(37)31-14-5-7-16-34(31)40(36)29-12-8-9-27(24-29)32-23-25-17-19-26(32)20-18-25/h1-16,21-22,24-26,32H,17-20,23H2. The first kappa shape index (κ1) is 22.5. The van der Waals surface area contributed by atoms with E-state index in [2.05, 4.69) is 124 Å². The minimum absolute atomic E-state index is 0.719. The third-order valence-corrected chi connectivity index (χ3v) is 10.1. The van der Waals surface area contributed by atoms with Crippen molar-refractivity contribution in [1.29, 1.82) is 0 Å². The van der Waals surface area contributed by atoms with Crippen molar-refractivity contribution < 1.29 is 0 Å². The largest absolute Gasteiger partial charge is 0.309 e. The van der Waals surface area contributed by atoms with E-state index in [1.54, 1.807) is 5.56 Å². The summed E-state index contributed by atoms with van der Waals surface area (Å²) in [6.45, 7) is 0. The molecule has 40 heavy (non-hydrogen) atoms. The molecule has 3 fully saturated rings. The van der Waals surface area contributed by atoms with Gasteiger partial charge in [-0.05, 0) is 91.1 Å². The van der Waals surface area contributed by atoms with Crippen LogP contribution >= 0.6 is 0 Å². The molecule has 0 aliphatic heterocycles. The lowest BCUT2D eigenvalue weighted by molar-refractivity contribution is 0.145. The van der Waals surface area contributed by atoms with Gasteiger partial charge in [-0.1, -0.05) is 79.6 Å². The Morgan fingerprint density at radius 2 is 1.05 bits per heavy atom. The Kier molecular flexibility index (Phi) is 4.84. The number of hydrogen-bond donors (Lipinski definition) is 0. The molecule has 2 aromatic heterocycles. The van der Waals surface area contributed by atoms with Crippen LogP contribution in [-0.4, -0.2) is 9.13 Å². The first-order chi connectivity index (χ1) is 19.8. The van der Waals surface area contributed by atoms with Gasteiger partial charge in [0.05, 0.1) is 22.1 Å². The Balaban J connectivity index is 1.34. The van der Waals surface area contributed by atoms with Crippen molar-refractivity contribution in [3.05, 3.63) is 121 Å². The highest BCUT2D eigenvalue weighted by Gasteiger charge is 2.36. The van der Waals surface area contributed by atoms with Crippen LogP contribution in [0.3, 0.4) is 0 Å². The highest BCUT2D eigenvalue weighted by molar-refractivity contribution is 6.28. The zero-order valence-electron chi connectivity index (χ0n) is 22.6. The molecule has 0 spiro atoms. The van der Waals surface area contributed by atoms with Gasteiger partial charge >= 0.3 is 0 Å². The van der Waals surface area contributed by atoms with E-state index in [0.29, 0.717) is 0 Å². The molecule has 0 radical (unpaired) electrons. The fourth-order valence-corrected chi connectivity index (χ4v) is 8.33. The van der Waals surface area contributed by atoms with Gasteiger partial charge in [0.25, 0.3) is 0 Å². The van der Waals surface area contributed by atoms with E-state index in [0.717, 1.165) is 17.8 Å². The lowest BCUT2D eigenvalue weighted by Gasteiger charge is -2.42. The molecule has 3 saturated carbocycles. The Morgan fingerprint density at radius 1 is 0.475 bits per heavy atom. The van der Waals surface area contributed by atoms with Crippen molar-refractivity contribution in [2.45, 2.75) is 38.0 Å². The summed E-state index contributed by atoms with van der Waals surface area (Å²) in [6.07, 6.45) is 7.10. The van der Waals surface area contributed by atoms with Gasteiger partial charge < -0.3 is 9.13 Å². The van der Waals surface area contributed by atoms with Crippen LogP contribution < -0.4 is 0 Å². The Bertz CT molecular complexity index is 2050. The second kappa shape index (κ2) is 8.60. The topological polar surface area (TPSA) is 9.86 Å². The first-order valence-corrected chi connectivity index (χ1v) is 15.0. The predicted octanol–water partition coefficient (Wildman–Crippen LogP) is 10.2. The molecule has 0 N–H and O–H groups in total. The molecule has 3 aliphatic carbocycles. The number of fused-ring (bicyclic) bond motifs is 10. The number of hydrogen-bond acceptors (Lipinski definition) is 0. The molecule has 2 bridgehead atoms. The third-order valence-electron chi connectivity index (χ3n) is 10.1. The van der Waals surface area contributed by atoms with Crippen LogP contribution in [0.4, 0.5) is 0 Å². The van der Waals surface area contributed by atoms with Crippen LogP contribution in [0, 0.1) is 11.8 Å². The summed E-state index contributed by atoms with van der Waals surface area (Å²) >= 11 is 0. The van der Waals surface area contributed by atoms with E-state index in [-0.39, 0.29) is 0 Å². The zero-order chi connectivity index (χ0) is 26.2. The van der Waals surface area contributed by atoms with Crippen molar-refractivity contribution in [3.8, 4) is 11.4 Å². The van der Waals surface area contributed by atoms with E-state index in [4.69, 9.17) is 0 Å². The Hall–Kier alpha value is -4.30. The number of aromatic nitrogens is 2. The molecule has 194 valence electrons. The minimum Gasteiger partial charge on any atom is -0.309 e. The number of para-hydroxylation sites is 3. The summed E-state index contributed by atoms with van der Waals surface area (Å²) in [7, 11) is 0. The van der Waals surface area contributed by atoms with Crippen LogP contribution in [0.15, 0.2) is 115 Å². The highest BCUT2D eigenvalue weighted by Crippen LogP contribution is 2.50. The van der Waals surface area contributed by atoms with Crippen LogP contribution in [-0.2, 0) is 0 Å². The summed E-state index contributed by atoms with van der Waals surface area (Å²) in [5.74, 6) is 2.51. The SMILES string of the molecule is c1ccc(-n2c3ccccc3c3c4c5ccccc5n(-c5cccc(C6CC7CCC6CC7)c5)c4ccc32)cc1. The number of benzene rings is 5. The molecule has 1 atom stereocenters. The summed E-state index contributed by atoms with van der Waals surface area (Å²) in [4.78, 5) is 0. The van der Waals surface area contributed by atoms with Crippen molar-refractivity contribution in [1.82, 2.24) is 9.13 Å². The molecule has 2 heterocycles. The van der Waals surface area contributed by atoms with Gasteiger partial charge in [-0.15, -0.1) is 0 Å². The Morgan fingerprint density at radius 3 is 1.68 bits per heavy atom. The maximum Gasteiger partial charge on any atom is 0.0548 e. The van der Waals surface area contributed by atoms with Gasteiger partial charge in [-0.3, -0.25) is 0 Å². The second-order valence-electron chi connectivity index (χ2n) is 12.1. The van der Waals surface area contributed by atoms with E-state index >= 15 is 0 Å². The zero-order valence-corrected chi connectivity index (χ0v) is 22.6. The maximum absolute atomic E-state index is 2.52. The number of nitrogens with zero attached hydrogens (tertiary/aromatic N) is 2. The molecule has 10 rings (SSSR count). The average molecular weight is 517 g/mol. The van der Waals surface area contributed by atoms with Gasteiger partial charge in [0, 0.05) is 32.9 Å². The van der Waals surface area contributed by atoms with Crippen molar-refractivity contribution >= 4 is 43.6 Å². The molecular weight excluding hydrogens is 484 g/mol. The number of rotatable bonds is 3. The van der Waals surface area contributed by atoms with Gasteiger partial charge in [0.15, 0.2) is 0 Å². The molecule has 1 unspecified atom stereocenters. The highest BCUT2D eigenvalue weighted by atomic mass is 15.0. The van der Waals surface area contributed by atoms with E-state index in [1.807, 2.05) is 0 Å². The smallest absolute Gasteiger partial charge is 0.0548 e. The van der Waals surface area contributed by atoms with Gasteiger partial charge in [-0.25, -0.2) is 0 Å². The molecule has 3 aliphatic rings.